The highest BCUT2D eigenvalue weighted by molar-refractivity contribution is 6.15. The lowest BCUT2D eigenvalue weighted by atomic mass is 9.82. The summed E-state index contributed by atoms with van der Waals surface area (Å²) in [5, 5.41) is 0. The Morgan fingerprint density at radius 3 is 1.21 bits per heavy atom. The van der Waals surface area contributed by atoms with Crippen LogP contribution in [0.1, 0.15) is 0 Å². The van der Waals surface area contributed by atoms with E-state index in [2.05, 4.69) is 4.74 Å². The van der Waals surface area contributed by atoms with Crippen LogP contribution in [0, 0.1) is 5.41 Å². The molecule has 0 aromatic carbocycles. The standard InChI is InChI=1S/C5F6O3/c6-4(7,8)3(5(9,10)11)1(12)14-2(3)13. The number of hydrogen-bond donors (Lipinski definition) is 0. The van der Waals surface area contributed by atoms with Gasteiger partial charge in [-0.15, -0.1) is 0 Å². The number of halogens is 6. The fourth-order valence-corrected chi connectivity index (χ4v) is 0.898. The molecule has 0 amide bonds. The SMILES string of the molecule is O=C1OC(=O)C1(C(F)(F)F)C(F)(F)F. The first-order valence-electron chi connectivity index (χ1n) is 2.95. The molecule has 1 heterocycles. The Kier molecular flexibility index (Phi) is 1.85. The van der Waals surface area contributed by atoms with Crippen LogP contribution in [-0.4, -0.2) is 24.3 Å². The van der Waals surface area contributed by atoms with Gasteiger partial charge in [-0.3, -0.25) is 0 Å². The molecule has 0 aromatic rings. The number of ether oxygens (including phenoxy) is 1. The third-order valence-corrected chi connectivity index (χ3v) is 1.65. The van der Waals surface area contributed by atoms with Gasteiger partial charge in [-0.2, -0.15) is 26.3 Å². The molecule has 1 aliphatic heterocycles. The Balaban J connectivity index is 3.32. The van der Waals surface area contributed by atoms with Crippen molar-refractivity contribution in [1.82, 2.24) is 0 Å². The Bertz CT molecular complexity index is 270. The van der Waals surface area contributed by atoms with Crippen molar-refractivity contribution < 1.29 is 40.7 Å². The molecule has 0 spiro atoms. The highest BCUT2D eigenvalue weighted by Gasteiger charge is 2.88. The normalized spacial score (nSPS) is 21.6. The molecule has 1 fully saturated rings. The molecular weight excluding hydrogens is 222 g/mol. The first kappa shape index (κ1) is 10.8. The van der Waals surface area contributed by atoms with Crippen LogP contribution in [0.2, 0.25) is 0 Å². The average Bonchev–Trinajstić information content (AvgIpc) is 1.78. The van der Waals surface area contributed by atoms with Crippen LogP contribution in [0.25, 0.3) is 0 Å². The topological polar surface area (TPSA) is 43.4 Å². The van der Waals surface area contributed by atoms with Gasteiger partial charge in [-0.25, -0.2) is 9.59 Å². The van der Waals surface area contributed by atoms with Crippen molar-refractivity contribution in [2.75, 3.05) is 0 Å². The van der Waals surface area contributed by atoms with Crippen LogP contribution in [0.15, 0.2) is 0 Å². The van der Waals surface area contributed by atoms with Crippen molar-refractivity contribution >= 4 is 11.9 Å². The Morgan fingerprint density at radius 2 is 1.14 bits per heavy atom. The first-order chi connectivity index (χ1) is 6.05. The third kappa shape index (κ3) is 0.946. The van der Waals surface area contributed by atoms with Crippen molar-refractivity contribution in [1.29, 1.82) is 0 Å². The molecule has 1 saturated heterocycles. The fraction of sp³-hybridized carbons (Fsp3) is 0.600. The van der Waals surface area contributed by atoms with E-state index in [0.29, 0.717) is 0 Å². The number of alkyl halides is 6. The lowest BCUT2D eigenvalue weighted by molar-refractivity contribution is -0.341. The molecule has 3 nitrogen and oxygen atoms in total. The van der Waals surface area contributed by atoms with Gasteiger partial charge in [0.1, 0.15) is 0 Å². The number of carbonyl (C=O) groups is 2. The Labute approximate surface area is 71.6 Å². The van der Waals surface area contributed by atoms with E-state index in [1.165, 1.54) is 0 Å². The number of rotatable bonds is 0. The maximum Gasteiger partial charge on any atom is 0.424 e. The molecule has 14 heavy (non-hydrogen) atoms. The molecule has 0 aliphatic carbocycles. The average molecular weight is 222 g/mol. The van der Waals surface area contributed by atoms with Crippen molar-refractivity contribution in [3.05, 3.63) is 0 Å². The monoisotopic (exact) mass is 222 g/mol. The van der Waals surface area contributed by atoms with Crippen LogP contribution in [0.5, 0.6) is 0 Å². The zero-order valence-corrected chi connectivity index (χ0v) is 5.99. The summed E-state index contributed by atoms with van der Waals surface area (Å²) in [5.74, 6) is -5.27. The Hall–Kier alpha value is -1.28. The summed E-state index contributed by atoms with van der Waals surface area (Å²) in [6.45, 7) is 0. The highest BCUT2D eigenvalue weighted by Crippen LogP contribution is 2.56. The van der Waals surface area contributed by atoms with E-state index in [0.717, 1.165) is 0 Å². The number of carbonyl (C=O) groups excluding carboxylic acids is 2. The van der Waals surface area contributed by atoms with Gasteiger partial charge in [-0.05, 0) is 0 Å². The van der Waals surface area contributed by atoms with Crippen LogP contribution in [0.4, 0.5) is 26.3 Å². The molecule has 0 radical (unpaired) electrons. The number of cyclic esters (lactones) is 2. The van der Waals surface area contributed by atoms with Gasteiger partial charge in [-0.1, -0.05) is 0 Å². The third-order valence-electron chi connectivity index (χ3n) is 1.65. The van der Waals surface area contributed by atoms with Gasteiger partial charge < -0.3 is 4.74 Å². The first-order valence-corrected chi connectivity index (χ1v) is 2.95. The van der Waals surface area contributed by atoms with Crippen molar-refractivity contribution in [2.45, 2.75) is 12.4 Å². The molecule has 1 aliphatic rings. The fourth-order valence-electron chi connectivity index (χ4n) is 0.898. The molecule has 0 bridgehead atoms. The summed E-state index contributed by atoms with van der Waals surface area (Å²) < 4.78 is 74.6. The molecular formula is C5F6O3. The van der Waals surface area contributed by atoms with Gasteiger partial charge in [0.05, 0.1) is 0 Å². The number of hydrogen-bond acceptors (Lipinski definition) is 3. The van der Waals surface area contributed by atoms with Crippen LogP contribution in [-0.2, 0) is 14.3 Å². The van der Waals surface area contributed by atoms with Crippen molar-refractivity contribution in [3.8, 4) is 0 Å². The van der Waals surface area contributed by atoms with E-state index in [-0.39, 0.29) is 0 Å². The molecule has 80 valence electrons. The van der Waals surface area contributed by atoms with E-state index >= 15 is 0 Å². The predicted octanol–water partition coefficient (Wildman–Crippen LogP) is 1.18. The molecule has 0 N–H and O–H groups in total. The second-order valence-electron chi connectivity index (χ2n) is 2.42. The minimum absolute atomic E-state index is 2.64. The van der Waals surface area contributed by atoms with Crippen LogP contribution >= 0.6 is 0 Å². The van der Waals surface area contributed by atoms with E-state index in [1.807, 2.05) is 0 Å². The zero-order chi connectivity index (χ0) is 11.4. The van der Waals surface area contributed by atoms with Crippen molar-refractivity contribution in [3.63, 3.8) is 0 Å². The summed E-state index contributed by atoms with van der Waals surface area (Å²) in [5.41, 5.74) is -4.99. The largest absolute Gasteiger partial charge is 0.424 e. The van der Waals surface area contributed by atoms with E-state index in [9.17, 15) is 35.9 Å². The lowest BCUT2D eigenvalue weighted by Gasteiger charge is -2.38. The lowest BCUT2D eigenvalue weighted by Crippen LogP contribution is -2.69. The molecule has 9 heteroatoms. The van der Waals surface area contributed by atoms with E-state index < -0.39 is 29.7 Å². The van der Waals surface area contributed by atoms with E-state index in [4.69, 9.17) is 0 Å². The highest BCUT2D eigenvalue weighted by atomic mass is 19.4. The smallest absolute Gasteiger partial charge is 0.390 e. The van der Waals surface area contributed by atoms with E-state index in [1.54, 1.807) is 0 Å². The second-order valence-corrected chi connectivity index (χ2v) is 2.42. The summed E-state index contributed by atoms with van der Waals surface area (Å²) >= 11 is 0. The molecule has 0 aromatic heterocycles. The minimum atomic E-state index is -6.03. The number of esters is 2. The zero-order valence-electron chi connectivity index (χ0n) is 5.99. The van der Waals surface area contributed by atoms with Gasteiger partial charge in [0, 0.05) is 0 Å². The summed E-state index contributed by atoms with van der Waals surface area (Å²) in [4.78, 5) is 20.3. The van der Waals surface area contributed by atoms with Gasteiger partial charge in [0.2, 0.25) is 0 Å². The quantitative estimate of drug-likeness (QED) is 0.351. The van der Waals surface area contributed by atoms with Gasteiger partial charge >= 0.3 is 29.7 Å². The molecule has 0 unspecified atom stereocenters. The van der Waals surface area contributed by atoms with Crippen LogP contribution < -0.4 is 0 Å². The maximum absolute atomic E-state index is 11.9. The molecule has 0 atom stereocenters. The molecule has 1 rings (SSSR count). The van der Waals surface area contributed by atoms with Crippen LogP contribution in [0.3, 0.4) is 0 Å². The molecule has 0 saturated carbocycles. The van der Waals surface area contributed by atoms with Gasteiger partial charge in [0.25, 0.3) is 0 Å². The maximum atomic E-state index is 11.9. The summed E-state index contributed by atoms with van der Waals surface area (Å²) in [7, 11) is 0. The Morgan fingerprint density at radius 1 is 0.857 bits per heavy atom. The second kappa shape index (κ2) is 2.39. The summed E-state index contributed by atoms with van der Waals surface area (Å²) in [6.07, 6.45) is -12.1. The summed E-state index contributed by atoms with van der Waals surface area (Å²) in [6, 6.07) is 0. The van der Waals surface area contributed by atoms with Crippen molar-refractivity contribution in [2.24, 2.45) is 5.41 Å². The van der Waals surface area contributed by atoms with Gasteiger partial charge in [0.15, 0.2) is 0 Å². The minimum Gasteiger partial charge on any atom is -0.390 e. The predicted molar refractivity (Wildman–Crippen MR) is 25.6 cm³/mol.